The monoisotopic (exact) mass is 242 g/mol. The summed E-state index contributed by atoms with van der Waals surface area (Å²) in [6.07, 6.45) is 2.23. The number of aromatic hydroxyl groups is 1. The Morgan fingerprint density at radius 3 is 2.54 bits per heavy atom. The van der Waals surface area contributed by atoms with Crippen molar-refractivity contribution in [2.24, 2.45) is 0 Å². The molecule has 1 nitrogen and oxygen atoms in total. The van der Waals surface area contributed by atoms with Gasteiger partial charge in [-0.2, -0.15) is 0 Å². The van der Waals surface area contributed by atoms with Crippen molar-refractivity contribution in [3.05, 3.63) is 28.8 Å². The number of aryl methyl sites for hydroxylation is 3. The Morgan fingerprint density at radius 1 is 1.23 bits per heavy atom. The van der Waals surface area contributed by atoms with Gasteiger partial charge in [0.05, 0.1) is 0 Å². The first-order chi connectivity index (χ1) is 6.15. The average molecular weight is 243 g/mol. The fraction of sp³-hybridized carbons (Fsp3) is 0.455. The van der Waals surface area contributed by atoms with Crippen LogP contribution in [0.2, 0.25) is 0 Å². The number of phenolic OH excluding ortho intramolecular Hbond substituents is 1. The maximum absolute atomic E-state index is 9.44. The first kappa shape index (κ1) is 10.6. The number of hydrogen-bond acceptors (Lipinski definition) is 1. The summed E-state index contributed by atoms with van der Waals surface area (Å²) in [6, 6.07) is 3.92. The van der Waals surface area contributed by atoms with Gasteiger partial charge in [0.2, 0.25) is 0 Å². The van der Waals surface area contributed by atoms with Gasteiger partial charge in [-0.1, -0.05) is 22.0 Å². The minimum atomic E-state index is 0.403. The lowest BCUT2D eigenvalue weighted by atomic mass is 10.0. The Balaban J connectivity index is 2.88. The first-order valence-electron chi connectivity index (χ1n) is 4.50. The van der Waals surface area contributed by atoms with Crippen LogP contribution in [0.3, 0.4) is 0 Å². The number of halogens is 1. The predicted octanol–water partition coefficient (Wildman–Crippen LogP) is 3.34. The molecule has 72 valence electrons. The van der Waals surface area contributed by atoms with Gasteiger partial charge in [0, 0.05) is 5.33 Å². The second-order valence-electron chi connectivity index (χ2n) is 3.36. The normalized spacial score (nSPS) is 10.4. The van der Waals surface area contributed by atoms with Crippen LogP contribution in [0.4, 0.5) is 0 Å². The van der Waals surface area contributed by atoms with Crippen LogP contribution in [-0.2, 0) is 6.42 Å². The van der Waals surface area contributed by atoms with E-state index < -0.39 is 0 Å². The summed E-state index contributed by atoms with van der Waals surface area (Å²) in [7, 11) is 0. The largest absolute Gasteiger partial charge is 0.508 e. The van der Waals surface area contributed by atoms with E-state index in [2.05, 4.69) is 22.0 Å². The van der Waals surface area contributed by atoms with E-state index in [0.29, 0.717) is 5.75 Å². The molecule has 13 heavy (non-hydrogen) atoms. The maximum atomic E-state index is 9.44. The zero-order valence-electron chi connectivity index (χ0n) is 8.10. The maximum Gasteiger partial charge on any atom is 0.118 e. The smallest absolute Gasteiger partial charge is 0.118 e. The van der Waals surface area contributed by atoms with Crippen molar-refractivity contribution in [2.45, 2.75) is 26.7 Å². The molecule has 1 aromatic rings. The molecule has 1 rings (SSSR count). The van der Waals surface area contributed by atoms with E-state index in [1.807, 2.05) is 19.9 Å². The summed E-state index contributed by atoms with van der Waals surface area (Å²) in [6.45, 7) is 3.98. The SMILES string of the molecule is Cc1cc(CCCBr)c(C)cc1O. The molecule has 0 heterocycles. The van der Waals surface area contributed by atoms with E-state index >= 15 is 0 Å². The molecular weight excluding hydrogens is 228 g/mol. The molecule has 0 radical (unpaired) electrons. The number of rotatable bonds is 3. The summed E-state index contributed by atoms with van der Waals surface area (Å²) in [5, 5.41) is 10.5. The van der Waals surface area contributed by atoms with E-state index in [-0.39, 0.29) is 0 Å². The van der Waals surface area contributed by atoms with Crippen LogP contribution in [0.1, 0.15) is 23.1 Å². The van der Waals surface area contributed by atoms with Gasteiger partial charge in [0.15, 0.2) is 0 Å². The Hall–Kier alpha value is -0.500. The van der Waals surface area contributed by atoms with Gasteiger partial charge in [-0.05, 0) is 49.4 Å². The van der Waals surface area contributed by atoms with Crippen LogP contribution in [-0.4, -0.2) is 10.4 Å². The van der Waals surface area contributed by atoms with E-state index in [1.54, 1.807) is 0 Å². The van der Waals surface area contributed by atoms with Crippen LogP contribution in [0.5, 0.6) is 5.75 Å². The molecule has 0 amide bonds. The summed E-state index contributed by atoms with van der Waals surface area (Å²) in [5.41, 5.74) is 3.49. The minimum absolute atomic E-state index is 0.403. The van der Waals surface area contributed by atoms with Gasteiger partial charge in [-0.15, -0.1) is 0 Å². The van der Waals surface area contributed by atoms with Crippen molar-refractivity contribution in [3.63, 3.8) is 0 Å². The Labute approximate surface area is 87.9 Å². The molecule has 1 N–H and O–H groups in total. The van der Waals surface area contributed by atoms with Crippen LogP contribution in [0.25, 0.3) is 0 Å². The van der Waals surface area contributed by atoms with Crippen molar-refractivity contribution in [2.75, 3.05) is 5.33 Å². The zero-order valence-corrected chi connectivity index (χ0v) is 9.69. The molecule has 0 aliphatic heterocycles. The van der Waals surface area contributed by atoms with Crippen LogP contribution in [0, 0.1) is 13.8 Å². The number of benzene rings is 1. The first-order valence-corrected chi connectivity index (χ1v) is 5.62. The Bertz CT molecular complexity index is 294. The van der Waals surface area contributed by atoms with Crippen molar-refractivity contribution in [1.82, 2.24) is 0 Å². The zero-order chi connectivity index (χ0) is 9.84. The fourth-order valence-electron chi connectivity index (χ4n) is 1.39. The van der Waals surface area contributed by atoms with Crippen LogP contribution < -0.4 is 0 Å². The topological polar surface area (TPSA) is 20.2 Å². The predicted molar refractivity (Wildman–Crippen MR) is 59.7 cm³/mol. The third-order valence-electron chi connectivity index (χ3n) is 2.23. The van der Waals surface area contributed by atoms with Gasteiger partial charge in [-0.3, -0.25) is 0 Å². The molecule has 1 aromatic carbocycles. The second-order valence-corrected chi connectivity index (χ2v) is 4.15. The van der Waals surface area contributed by atoms with Gasteiger partial charge < -0.3 is 5.11 Å². The highest BCUT2D eigenvalue weighted by Crippen LogP contribution is 2.22. The molecule has 0 aliphatic carbocycles. The highest BCUT2D eigenvalue weighted by atomic mass is 79.9. The average Bonchev–Trinajstić information content (AvgIpc) is 2.09. The third-order valence-corrected chi connectivity index (χ3v) is 2.79. The molecular formula is C11H15BrO. The molecule has 2 heteroatoms. The molecule has 0 bridgehead atoms. The number of phenols is 1. The van der Waals surface area contributed by atoms with Crippen LogP contribution >= 0.6 is 15.9 Å². The van der Waals surface area contributed by atoms with E-state index in [4.69, 9.17) is 0 Å². The fourth-order valence-corrected chi connectivity index (χ4v) is 1.67. The standard InChI is InChI=1S/C11H15BrO/c1-8-7-11(13)9(2)6-10(8)4-3-5-12/h6-7,13H,3-5H2,1-2H3. The highest BCUT2D eigenvalue weighted by molar-refractivity contribution is 9.09. The summed E-state index contributed by atoms with van der Waals surface area (Å²) >= 11 is 3.42. The van der Waals surface area contributed by atoms with Gasteiger partial charge in [0.25, 0.3) is 0 Å². The molecule has 0 unspecified atom stereocenters. The second kappa shape index (κ2) is 4.66. The minimum Gasteiger partial charge on any atom is -0.508 e. The molecule has 0 saturated carbocycles. The van der Waals surface area contributed by atoms with E-state index in [9.17, 15) is 5.11 Å². The van der Waals surface area contributed by atoms with E-state index in [1.165, 1.54) is 11.1 Å². The van der Waals surface area contributed by atoms with Crippen molar-refractivity contribution in [1.29, 1.82) is 0 Å². The summed E-state index contributed by atoms with van der Waals surface area (Å²) in [5.74, 6) is 0.403. The molecule has 0 spiro atoms. The number of hydrogen-bond donors (Lipinski definition) is 1. The molecule has 0 saturated heterocycles. The lowest BCUT2D eigenvalue weighted by Gasteiger charge is -2.07. The van der Waals surface area contributed by atoms with Crippen molar-refractivity contribution in [3.8, 4) is 5.75 Å². The quantitative estimate of drug-likeness (QED) is 0.807. The Kier molecular flexibility index (Phi) is 3.79. The van der Waals surface area contributed by atoms with Gasteiger partial charge in [0.1, 0.15) is 5.75 Å². The third kappa shape index (κ3) is 2.73. The molecule has 0 fully saturated rings. The lowest BCUT2D eigenvalue weighted by molar-refractivity contribution is 0.470. The lowest BCUT2D eigenvalue weighted by Crippen LogP contribution is -1.92. The molecule has 0 atom stereocenters. The summed E-state index contributed by atoms with van der Waals surface area (Å²) < 4.78 is 0. The van der Waals surface area contributed by atoms with Gasteiger partial charge in [-0.25, -0.2) is 0 Å². The molecule has 0 aromatic heterocycles. The van der Waals surface area contributed by atoms with Crippen molar-refractivity contribution < 1.29 is 5.11 Å². The van der Waals surface area contributed by atoms with Crippen LogP contribution in [0.15, 0.2) is 12.1 Å². The van der Waals surface area contributed by atoms with Crippen molar-refractivity contribution >= 4 is 15.9 Å². The van der Waals surface area contributed by atoms with E-state index in [0.717, 1.165) is 23.7 Å². The highest BCUT2D eigenvalue weighted by Gasteiger charge is 2.02. The van der Waals surface area contributed by atoms with Gasteiger partial charge >= 0.3 is 0 Å². The molecule has 0 aliphatic rings. The number of alkyl halides is 1. The summed E-state index contributed by atoms with van der Waals surface area (Å²) in [4.78, 5) is 0. The Morgan fingerprint density at radius 2 is 1.92 bits per heavy atom.